The standard InChI is InChI=1S/C18H21FO2/c19-13-3-4-14-15(20)12-18(21-16(14)11-13)9-7-17(8-10-18)5-1-2-6-17/h3-4,11H,1-2,5-10,12H2. The average Bonchev–Trinajstić information content (AvgIpc) is 2.91. The largest absolute Gasteiger partial charge is 0.486 e. The first kappa shape index (κ1) is 13.3. The van der Waals surface area contributed by atoms with Gasteiger partial charge in [0.1, 0.15) is 17.2 Å². The Morgan fingerprint density at radius 1 is 1.00 bits per heavy atom. The van der Waals surface area contributed by atoms with Crippen molar-refractivity contribution >= 4 is 5.78 Å². The van der Waals surface area contributed by atoms with Crippen molar-refractivity contribution in [3.05, 3.63) is 29.6 Å². The summed E-state index contributed by atoms with van der Waals surface area (Å²) in [5, 5.41) is 0. The molecule has 1 aromatic carbocycles. The Kier molecular flexibility index (Phi) is 2.88. The summed E-state index contributed by atoms with van der Waals surface area (Å²) in [6.07, 6.45) is 10.0. The van der Waals surface area contributed by atoms with Crippen LogP contribution < -0.4 is 4.74 Å². The van der Waals surface area contributed by atoms with E-state index in [9.17, 15) is 9.18 Å². The lowest BCUT2D eigenvalue weighted by Crippen LogP contribution is -2.46. The second-order valence-corrected chi connectivity index (χ2v) is 7.23. The Hall–Kier alpha value is -1.38. The van der Waals surface area contributed by atoms with Crippen LogP contribution in [0.4, 0.5) is 4.39 Å². The molecule has 2 nitrogen and oxygen atoms in total. The van der Waals surface area contributed by atoms with Crippen molar-refractivity contribution in [1.29, 1.82) is 0 Å². The van der Waals surface area contributed by atoms with Crippen LogP contribution in [0.25, 0.3) is 0 Å². The van der Waals surface area contributed by atoms with E-state index >= 15 is 0 Å². The van der Waals surface area contributed by atoms with Crippen molar-refractivity contribution in [2.75, 3.05) is 0 Å². The van der Waals surface area contributed by atoms with Crippen LogP contribution in [0.15, 0.2) is 18.2 Å². The maximum absolute atomic E-state index is 13.4. The molecule has 0 N–H and O–H groups in total. The summed E-state index contributed by atoms with van der Waals surface area (Å²) < 4.78 is 19.6. The molecule has 0 saturated heterocycles. The first-order valence-electron chi connectivity index (χ1n) is 8.12. The average molecular weight is 288 g/mol. The number of hydrogen-bond acceptors (Lipinski definition) is 2. The van der Waals surface area contributed by atoms with Crippen LogP contribution in [0.1, 0.15) is 68.1 Å². The monoisotopic (exact) mass is 288 g/mol. The Balaban J connectivity index is 1.59. The SMILES string of the molecule is O=C1CC2(CCC3(CCCC3)CC2)Oc2cc(F)ccc21. The minimum atomic E-state index is -0.369. The fraction of sp³-hybridized carbons (Fsp3) is 0.611. The van der Waals surface area contributed by atoms with E-state index in [2.05, 4.69) is 0 Å². The maximum Gasteiger partial charge on any atom is 0.170 e. The summed E-state index contributed by atoms with van der Waals surface area (Å²) in [4.78, 5) is 12.4. The zero-order valence-electron chi connectivity index (χ0n) is 12.3. The summed E-state index contributed by atoms with van der Waals surface area (Å²) in [7, 11) is 0. The quantitative estimate of drug-likeness (QED) is 0.693. The molecule has 2 fully saturated rings. The van der Waals surface area contributed by atoms with Crippen LogP contribution in [0.5, 0.6) is 5.75 Å². The minimum Gasteiger partial charge on any atom is -0.486 e. The van der Waals surface area contributed by atoms with Gasteiger partial charge >= 0.3 is 0 Å². The molecule has 0 bridgehead atoms. The summed E-state index contributed by atoms with van der Waals surface area (Å²) in [6, 6.07) is 4.27. The van der Waals surface area contributed by atoms with Crippen molar-refractivity contribution in [3.63, 3.8) is 0 Å². The van der Waals surface area contributed by atoms with Gasteiger partial charge < -0.3 is 4.74 Å². The van der Waals surface area contributed by atoms with Gasteiger partial charge in [0.2, 0.25) is 0 Å². The van der Waals surface area contributed by atoms with Gasteiger partial charge in [-0.1, -0.05) is 12.8 Å². The molecule has 0 atom stereocenters. The zero-order valence-corrected chi connectivity index (χ0v) is 12.3. The highest BCUT2D eigenvalue weighted by atomic mass is 19.1. The van der Waals surface area contributed by atoms with Crippen LogP contribution in [-0.4, -0.2) is 11.4 Å². The fourth-order valence-corrected chi connectivity index (χ4v) is 4.61. The van der Waals surface area contributed by atoms with Gasteiger partial charge in [0, 0.05) is 6.07 Å². The molecule has 3 aliphatic rings. The molecule has 0 amide bonds. The van der Waals surface area contributed by atoms with Gasteiger partial charge in [0.15, 0.2) is 5.78 Å². The Bertz CT molecular complexity index is 577. The second kappa shape index (κ2) is 4.56. The van der Waals surface area contributed by atoms with Crippen LogP contribution in [0.2, 0.25) is 0 Å². The molecule has 21 heavy (non-hydrogen) atoms. The normalized spacial score (nSPS) is 25.9. The van der Waals surface area contributed by atoms with Gasteiger partial charge in [-0.3, -0.25) is 4.79 Å². The Labute approximate surface area is 124 Å². The van der Waals surface area contributed by atoms with E-state index in [4.69, 9.17) is 4.74 Å². The summed E-state index contributed by atoms with van der Waals surface area (Å²) >= 11 is 0. The van der Waals surface area contributed by atoms with Gasteiger partial charge in [-0.2, -0.15) is 0 Å². The maximum atomic E-state index is 13.4. The third-order valence-electron chi connectivity index (χ3n) is 5.94. The summed E-state index contributed by atoms with van der Waals surface area (Å²) in [5.74, 6) is 0.230. The third kappa shape index (κ3) is 2.18. The first-order chi connectivity index (χ1) is 10.1. The summed E-state index contributed by atoms with van der Waals surface area (Å²) in [5.41, 5.74) is 0.689. The van der Waals surface area contributed by atoms with Crippen molar-refractivity contribution in [2.24, 2.45) is 5.41 Å². The lowest BCUT2D eigenvalue weighted by molar-refractivity contribution is -0.0200. The molecule has 1 aromatic rings. The molecule has 112 valence electrons. The molecule has 1 heterocycles. The van der Waals surface area contributed by atoms with E-state index in [1.807, 2.05) is 0 Å². The minimum absolute atomic E-state index is 0.110. The molecule has 2 saturated carbocycles. The number of hydrogen-bond donors (Lipinski definition) is 0. The first-order valence-corrected chi connectivity index (χ1v) is 8.12. The molecular weight excluding hydrogens is 267 g/mol. The predicted octanol–water partition coefficient (Wildman–Crippen LogP) is 4.66. The molecule has 0 unspecified atom stereocenters. The number of Topliss-reactive ketones (excluding diaryl/α,β-unsaturated/α-hetero) is 1. The smallest absolute Gasteiger partial charge is 0.170 e. The fourth-order valence-electron chi connectivity index (χ4n) is 4.61. The Morgan fingerprint density at radius 3 is 2.43 bits per heavy atom. The van der Waals surface area contributed by atoms with E-state index in [0.717, 1.165) is 25.7 Å². The van der Waals surface area contributed by atoms with Gasteiger partial charge in [0.25, 0.3) is 0 Å². The van der Waals surface area contributed by atoms with Crippen molar-refractivity contribution in [3.8, 4) is 5.75 Å². The molecule has 3 heteroatoms. The number of ether oxygens (including phenoxy) is 1. The van der Waals surface area contributed by atoms with Crippen molar-refractivity contribution in [1.82, 2.24) is 0 Å². The lowest BCUT2D eigenvalue weighted by atomic mass is 9.66. The van der Waals surface area contributed by atoms with Crippen LogP contribution >= 0.6 is 0 Å². The summed E-state index contributed by atoms with van der Waals surface area (Å²) in [6.45, 7) is 0. The van der Waals surface area contributed by atoms with Crippen LogP contribution in [-0.2, 0) is 0 Å². The van der Waals surface area contributed by atoms with Gasteiger partial charge in [-0.15, -0.1) is 0 Å². The molecule has 1 aliphatic heterocycles. The second-order valence-electron chi connectivity index (χ2n) is 7.23. The number of carbonyl (C=O) groups excluding carboxylic acids is 1. The van der Waals surface area contributed by atoms with E-state index in [0.29, 0.717) is 23.1 Å². The molecule has 0 aromatic heterocycles. The van der Waals surface area contributed by atoms with Crippen LogP contribution in [0.3, 0.4) is 0 Å². The molecular formula is C18H21FO2. The number of ketones is 1. The van der Waals surface area contributed by atoms with Crippen molar-refractivity contribution < 1.29 is 13.9 Å². The zero-order chi connectivity index (χ0) is 14.5. The number of benzene rings is 1. The third-order valence-corrected chi connectivity index (χ3v) is 5.94. The molecule has 2 aliphatic carbocycles. The highest BCUT2D eigenvalue weighted by Gasteiger charge is 2.48. The van der Waals surface area contributed by atoms with Gasteiger partial charge in [-0.25, -0.2) is 4.39 Å². The molecule has 2 spiro atoms. The van der Waals surface area contributed by atoms with E-state index in [1.165, 1.54) is 37.8 Å². The van der Waals surface area contributed by atoms with E-state index < -0.39 is 0 Å². The highest BCUT2D eigenvalue weighted by Crippen LogP contribution is 2.54. The van der Waals surface area contributed by atoms with Crippen molar-refractivity contribution in [2.45, 2.75) is 63.4 Å². The predicted molar refractivity (Wildman–Crippen MR) is 78.1 cm³/mol. The topological polar surface area (TPSA) is 26.3 Å². The Morgan fingerprint density at radius 2 is 1.71 bits per heavy atom. The molecule has 0 radical (unpaired) electrons. The van der Waals surface area contributed by atoms with E-state index in [1.54, 1.807) is 6.07 Å². The number of carbonyl (C=O) groups is 1. The number of rotatable bonds is 0. The van der Waals surface area contributed by atoms with Crippen LogP contribution in [0, 0.1) is 11.2 Å². The highest BCUT2D eigenvalue weighted by molar-refractivity contribution is 6.00. The van der Waals surface area contributed by atoms with Gasteiger partial charge in [-0.05, 0) is 56.1 Å². The lowest BCUT2D eigenvalue weighted by Gasteiger charge is -2.46. The number of halogens is 1. The molecule has 4 rings (SSSR count). The van der Waals surface area contributed by atoms with E-state index in [-0.39, 0.29) is 17.2 Å². The van der Waals surface area contributed by atoms with Gasteiger partial charge in [0.05, 0.1) is 12.0 Å². The number of fused-ring (bicyclic) bond motifs is 1.